The standard InChI is InChI=1S/C16H23N3S/c1-2-10-17-16(20)18-15-8-11-19(12-9-15)13-14-6-4-3-5-7-14/h2-7,15H,1,8-13H2,(H2,17,18,20). The van der Waals surface area contributed by atoms with E-state index in [0.717, 1.165) is 44.1 Å². The summed E-state index contributed by atoms with van der Waals surface area (Å²) in [6, 6.07) is 11.2. The van der Waals surface area contributed by atoms with Gasteiger partial charge in [-0.2, -0.15) is 0 Å². The van der Waals surface area contributed by atoms with Crippen LogP contribution in [0.3, 0.4) is 0 Å². The summed E-state index contributed by atoms with van der Waals surface area (Å²) >= 11 is 5.25. The summed E-state index contributed by atoms with van der Waals surface area (Å²) in [5, 5.41) is 7.25. The van der Waals surface area contributed by atoms with Gasteiger partial charge in [0, 0.05) is 32.2 Å². The van der Waals surface area contributed by atoms with Crippen LogP contribution < -0.4 is 10.6 Å². The molecular formula is C16H23N3S. The average molecular weight is 289 g/mol. The molecule has 0 aromatic heterocycles. The lowest BCUT2D eigenvalue weighted by atomic mass is 10.0. The Morgan fingerprint density at radius 3 is 2.65 bits per heavy atom. The van der Waals surface area contributed by atoms with Crippen LogP contribution in [0.1, 0.15) is 18.4 Å². The van der Waals surface area contributed by atoms with Gasteiger partial charge < -0.3 is 10.6 Å². The van der Waals surface area contributed by atoms with Crippen LogP contribution in [0, 0.1) is 0 Å². The van der Waals surface area contributed by atoms with Crippen molar-refractivity contribution >= 4 is 17.3 Å². The van der Waals surface area contributed by atoms with Gasteiger partial charge in [-0.3, -0.25) is 4.90 Å². The molecule has 0 aliphatic carbocycles. The zero-order valence-corrected chi connectivity index (χ0v) is 12.7. The molecule has 0 amide bonds. The van der Waals surface area contributed by atoms with Crippen molar-refractivity contribution in [1.29, 1.82) is 0 Å². The minimum Gasteiger partial charge on any atom is -0.360 e. The van der Waals surface area contributed by atoms with Crippen molar-refractivity contribution in [2.75, 3.05) is 19.6 Å². The smallest absolute Gasteiger partial charge is 0.166 e. The fraction of sp³-hybridized carbons (Fsp3) is 0.438. The maximum atomic E-state index is 5.25. The summed E-state index contributed by atoms with van der Waals surface area (Å²) in [5.74, 6) is 0. The number of nitrogens with zero attached hydrogens (tertiary/aromatic N) is 1. The summed E-state index contributed by atoms with van der Waals surface area (Å²) in [6.45, 7) is 7.69. The number of benzene rings is 1. The summed E-state index contributed by atoms with van der Waals surface area (Å²) in [7, 11) is 0. The monoisotopic (exact) mass is 289 g/mol. The van der Waals surface area contributed by atoms with Gasteiger partial charge in [-0.1, -0.05) is 36.4 Å². The Morgan fingerprint density at radius 1 is 1.30 bits per heavy atom. The largest absolute Gasteiger partial charge is 0.360 e. The Bertz CT molecular complexity index is 425. The maximum Gasteiger partial charge on any atom is 0.166 e. The number of rotatable bonds is 5. The summed E-state index contributed by atoms with van der Waals surface area (Å²) in [6.07, 6.45) is 4.10. The van der Waals surface area contributed by atoms with Crippen LogP contribution in [0.2, 0.25) is 0 Å². The van der Waals surface area contributed by atoms with Gasteiger partial charge in [0.1, 0.15) is 0 Å². The molecule has 0 unspecified atom stereocenters. The maximum absolute atomic E-state index is 5.25. The number of nitrogens with one attached hydrogen (secondary N) is 2. The Kier molecular flexibility index (Phi) is 6.02. The van der Waals surface area contributed by atoms with E-state index in [2.05, 4.69) is 52.4 Å². The Hall–Kier alpha value is -1.39. The van der Waals surface area contributed by atoms with Crippen LogP contribution in [0.4, 0.5) is 0 Å². The van der Waals surface area contributed by atoms with Crippen molar-refractivity contribution in [3.8, 4) is 0 Å². The first kappa shape index (κ1) is 15.0. The van der Waals surface area contributed by atoms with E-state index >= 15 is 0 Å². The second kappa shape index (κ2) is 8.02. The average Bonchev–Trinajstić information content (AvgIpc) is 2.48. The molecule has 4 heteroatoms. The van der Waals surface area contributed by atoms with Crippen LogP contribution in [-0.4, -0.2) is 35.7 Å². The normalized spacial score (nSPS) is 16.6. The highest BCUT2D eigenvalue weighted by atomic mass is 32.1. The van der Waals surface area contributed by atoms with Crippen molar-refractivity contribution in [3.05, 3.63) is 48.6 Å². The number of thiocarbonyl (C=S) groups is 1. The van der Waals surface area contributed by atoms with Crippen molar-refractivity contribution in [3.63, 3.8) is 0 Å². The zero-order chi connectivity index (χ0) is 14.2. The molecule has 1 aliphatic heterocycles. The number of hydrogen-bond donors (Lipinski definition) is 2. The van der Waals surface area contributed by atoms with Crippen LogP contribution >= 0.6 is 12.2 Å². The third-order valence-corrected chi connectivity index (χ3v) is 3.84. The first-order valence-corrected chi connectivity index (χ1v) is 7.60. The van der Waals surface area contributed by atoms with Gasteiger partial charge in [-0.05, 0) is 30.6 Å². The van der Waals surface area contributed by atoms with Crippen LogP contribution in [-0.2, 0) is 6.54 Å². The van der Waals surface area contributed by atoms with E-state index in [4.69, 9.17) is 12.2 Å². The lowest BCUT2D eigenvalue weighted by Gasteiger charge is -2.33. The van der Waals surface area contributed by atoms with Gasteiger partial charge in [0.05, 0.1) is 0 Å². The predicted octanol–water partition coefficient (Wildman–Crippen LogP) is 2.30. The molecule has 2 rings (SSSR count). The van der Waals surface area contributed by atoms with Gasteiger partial charge in [0.25, 0.3) is 0 Å². The van der Waals surface area contributed by atoms with E-state index in [-0.39, 0.29) is 0 Å². The highest BCUT2D eigenvalue weighted by Crippen LogP contribution is 2.13. The molecule has 20 heavy (non-hydrogen) atoms. The van der Waals surface area contributed by atoms with Gasteiger partial charge in [-0.25, -0.2) is 0 Å². The van der Waals surface area contributed by atoms with E-state index in [1.807, 2.05) is 6.08 Å². The van der Waals surface area contributed by atoms with E-state index in [1.165, 1.54) is 5.56 Å². The topological polar surface area (TPSA) is 27.3 Å². The second-order valence-corrected chi connectivity index (χ2v) is 5.59. The summed E-state index contributed by atoms with van der Waals surface area (Å²) in [5.41, 5.74) is 1.39. The molecule has 1 aromatic carbocycles. The van der Waals surface area contributed by atoms with Crippen LogP contribution in [0.25, 0.3) is 0 Å². The van der Waals surface area contributed by atoms with Crippen molar-refractivity contribution in [2.24, 2.45) is 0 Å². The zero-order valence-electron chi connectivity index (χ0n) is 11.8. The van der Waals surface area contributed by atoms with Gasteiger partial charge in [0.15, 0.2) is 5.11 Å². The molecule has 0 radical (unpaired) electrons. The van der Waals surface area contributed by atoms with Crippen LogP contribution in [0.15, 0.2) is 43.0 Å². The first-order valence-electron chi connectivity index (χ1n) is 7.19. The second-order valence-electron chi connectivity index (χ2n) is 5.18. The predicted molar refractivity (Wildman–Crippen MR) is 88.7 cm³/mol. The van der Waals surface area contributed by atoms with Crippen molar-refractivity contribution in [1.82, 2.24) is 15.5 Å². The third-order valence-electron chi connectivity index (χ3n) is 3.58. The fourth-order valence-corrected chi connectivity index (χ4v) is 2.73. The van der Waals surface area contributed by atoms with Gasteiger partial charge in [0.2, 0.25) is 0 Å². The molecule has 108 valence electrons. The molecule has 1 heterocycles. The van der Waals surface area contributed by atoms with Crippen molar-refractivity contribution < 1.29 is 0 Å². The molecule has 1 saturated heterocycles. The molecule has 0 saturated carbocycles. The molecule has 0 atom stereocenters. The third kappa shape index (κ3) is 4.94. The number of hydrogen-bond acceptors (Lipinski definition) is 2. The Morgan fingerprint density at radius 2 is 2.00 bits per heavy atom. The molecule has 1 aromatic rings. The molecule has 0 bridgehead atoms. The molecule has 1 aliphatic rings. The van der Waals surface area contributed by atoms with Crippen molar-refractivity contribution in [2.45, 2.75) is 25.4 Å². The Balaban J connectivity index is 1.70. The van der Waals surface area contributed by atoms with E-state index in [0.29, 0.717) is 6.04 Å². The SMILES string of the molecule is C=CCNC(=S)NC1CCN(Cc2ccccc2)CC1. The minimum absolute atomic E-state index is 0.492. The number of piperidine rings is 1. The first-order chi connectivity index (χ1) is 9.78. The van der Waals surface area contributed by atoms with E-state index in [9.17, 15) is 0 Å². The summed E-state index contributed by atoms with van der Waals surface area (Å²) in [4.78, 5) is 2.51. The molecule has 2 N–H and O–H groups in total. The lowest BCUT2D eigenvalue weighted by Crippen LogP contribution is -2.47. The highest BCUT2D eigenvalue weighted by molar-refractivity contribution is 7.80. The molecule has 1 fully saturated rings. The molecule has 0 spiro atoms. The quantitative estimate of drug-likeness (QED) is 0.642. The number of likely N-dealkylation sites (tertiary alicyclic amines) is 1. The summed E-state index contributed by atoms with van der Waals surface area (Å²) < 4.78 is 0. The van der Waals surface area contributed by atoms with Gasteiger partial charge >= 0.3 is 0 Å². The Labute approximate surface area is 127 Å². The van der Waals surface area contributed by atoms with Crippen LogP contribution in [0.5, 0.6) is 0 Å². The highest BCUT2D eigenvalue weighted by Gasteiger charge is 2.19. The minimum atomic E-state index is 0.492. The van der Waals surface area contributed by atoms with E-state index in [1.54, 1.807) is 0 Å². The van der Waals surface area contributed by atoms with Gasteiger partial charge in [-0.15, -0.1) is 6.58 Å². The lowest BCUT2D eigenvalue weighted by molar-refractivity contribution is 0.199. The van der Waals surface area contributed by atoms with E-state index < -0.39 is 0 Å². The molecule has 3 nitrogen and oxygen atoms in total. The fourth-order valence-electron chi connectivity index (χ4n) is 2.48. The molecular weight excluding hydrogens is 266 g/mol.